The van der Waals surface area contributed by atoms with E-state index in [1.165, 1.54) is 0 Å². The summed E-state index contributed by atoms with van der Waals surface area (Å²) in [5.41, 5.74) is 0. The van der Waals surface area contributed by atoms with Gasteiger partial charge in [-0.05, 0) is 0 Å². The standard InChI is InChI=1S/C4Cl4F6/c5-1(9,3(6,7)8)2(10,11)4(12,13)14/t1-/m0/s1. The molecule has 0 aromatic carbocycles. The van der Waals surface area contributed by atoms with Gasteiger partial charge in [0.25, 0.3) is 0 Å². The molecule has 0 unspecified atom stereocenters. The van der Waals surface area contributed by atoms with Gasteiger partial charge in [0.2, 0.25) is 3.79 Å². The van der Waals surface area contributed by atoms with Crippen LogP contribution in [0.25, 0.3) is 0 Å². The lowest BCUT2D eigenvalue weighted by molar-refractivity contribution is -0.311. The van der Waals surface area contributed by atoms with Crippen molar-refractivity contribution in [3.05, 3.63) is 0 Å². The van der Waals surface area contributed by atoms with Crippen LogP contribution in [-0.4, -0.2) is 21.0 Å². The van der Waals surface area contributed by atoms with E-state index in [2.05, 4.69) is 46.4 Å². The lowest BCUT2D eigenvalue weighted by atomic mass is 10.2. The van der Waals surface area contributed by atoms with Crippen molar-refractivity contribution in [1.29, 1.82) is 0 Å². The van der Waals surface area contributed by atoms with E-state index in [9.17, 15) is 26.3 Å². The van der Waals surface area contributed by atoms with Gasteiger partial charge in [-0.3, -0.25) is 0 Å². The summed E-state index contributed by atoms with van der Waals surface area (Å²) < 4.78 is 68.6. The van der Waals surface area contributed by atoms with Crippen LogP contribution in [0.1, 0.15) is 0 Å². The van der Waals surface area contributed by atoms with E-state index in [0.29, 0.717) is 0 Å². The van der Waals surface area contributed by atoms with Gasteiger partial charge >= 0.3 is 17.2 Å². The maximum Gasteiger partial charge on any atom is 0.458 e. The molecular weight excluding hydrogens is 304 g/mol. The topological polar surface area (TPSA) is 0 Å². The average molecular weight is 304 g/mol. The van der Waals surface area contributed by atoms with E-state index in [-0.39, 0.29) is 0 Å². The lowest BCUT2D eigenvalue weighted by Gasteiger charge is -2.33. The van der Waals surface area contributed by atoms with E-state index in [1.807, 2.05) is 0 Å². The molecule has 0 aliphatic heterocycles. The van der Waals surface area contributed by atoms with Crippen LogP contribution in [0.3, 0.4) is 0 Å². The zero-order valence-corrected chi connectivity index (χ0v) is 8.80. The second-order valence-electron chi connectivity index (χ2n) is 2.14. The summed E-state index contributed by atoms with van der Waals surface area (Å²) in [5.74, 6) is -5.98. The molecule has 0 aliphatic rings. The first kappa shape index (κ1) is 14.7. The fourth-order valence-corrected chi connectivity index (χ4v) is 0.819. The highest BCUT2D eigenvalue weighted by molar-refractivity contribution is 6.70. The lowest BCUT2D eigenvalue weighted by Crippen LogP contribution is -2.57. The quantitative estimate of drug-likeness (QED) is 0.495. The summed E-state index contributed by atoms with van der Waals surface area (Å²) in [4.78, 5) is 0. The molecule has 0 bridgehead atoms. The van der Waals surface area contributed by atoms with Crippen molar-refractivity contribution in [1.82, 2.24) is 0 Å². The highest BCUT2D eigenvalue weighted by Crippen LogP contribution is 2.57. The summed E-state index contributed by atoms with van der Waals surface area (Å²) in [6.45, 7) is 0. The molecule has 0 spiro atoms. The molecule has 0 amide bonds. The fourth-order valence-electron chi connectivity index (χ4n) is 0.356. The third kappa shape index (κ3) is 2.28. The minimum Gasteiger partial charge on any atom is -0.214 e. The third-order valence-corrected chi connectivity index (χ3v) is 2.70. The Balaban J connectivity index is 5.30. The van der Waals surface area contributed by atoms with Crippen LogP contribution in [0.5, 0.6) is 0 Å². The zero-order chi connectivity index (χ0) is 12.0. The Labute approximate surface area is 94.0 Å². The van der Waals surface area contributed by atoms with Crippen molar-refractivity contribution in [3.63, 3.8) is 0 Å². The average Bonchev–Trinajstić information content (AvgIpc) is 1.81. The molecule has 0 aromatic rings. The SMILES string of the molecule is FC(F)(F)C(F)(F)[C@@](F)(Cl)C(Cl)(Cl)Cl. The minimum absolute atomic E-state index is 3.62. The fraction of sp³-hybridized carbons (Fsp3) is 1.00. The summed E-state index contributed by atoms with van der Waals surface area (Å²) in [7, 11) is 0. The number of rotatable bonds is 1. The minimum atomic E-state index is -6.26. The maximum atomic E-state index is 12.8. The van der Waals surface area contributed by atoms with Crippen LogP contribution < -0.4 is 0 Å². The van der Waals surface area contributed by atoms with E-state index in [4.69, 9.17) is 0 Å². The predicted octanol–water partition coefficient (Wildman–Crippen LogP) is 4.46. The highest BCUT2D eigenvalue weighted by Gasteiger charge is 2.77. The van der Waals surface area contributed by atoms with Gasteiger partial charge in [0.1, 0.15) is 0 Å². The van der Waals surface area contributed by atoms with E-state index >= 15 is 0 Å². The number of alkyl halides is 10. The van der Waals surface area contributed by atoms with Crippen molar-refractivity contribution in [3.8, 4) is 0 Å². The molecule has 0 aliphatic carbocycles. The van der Waals surface area contributed by atoms with Crippen molar-refractivity contribution in [2.45, 2.75) is 21.0 Å². The number of hydrogen-bond acceptors (Lipinski definition) is 0. The van der Waals surface area contributed by atoms with Crippen LogP contribution in [0.4, 0.5) is 26.3 Å². The largest absolute Gasteiger partial charge is 0.458 e. The first-order valence-electron chi connectivity index (χ1n) is 2.64. The summed E-state index contributed by atoms with van der Waals surface area (Å²) >= 11 is 17.9. The Hall–Kier alpha value is 0.740. The van der Waals surface area contributed by atoms with Crippen LogP contribution in [0.15, 0.2) is 0 Å². The van der Waals surface area contributed by atoms with Gasteiger partial charge in [-0.1, -0.05) is 46.4 Å². The Morgan fingerprint density at radius 3 is 1.00 bits per heavy atom. The first-order valence-corrected chi connectivity index (χ1v) is 4.15. The Bertz CT molecular complexity index is 191. The van der Waals surface area contributed by atoms with Gasteiger partial charge in [-0.2, -0.15) is 22.0 Å². The van der Waals surface area contributed by atoms with Crippen molar-refractivity contribution in [2.24, 2.45) is 0 Å². The molecule has 0 rings (SSSR count). The van der Waals surface area contributed by atoms with Crippen LogP contribution in [-0.2, 0) is 0 Å². The van der Waals surface area contributed by atoms with Gasteiger partial charge in [0.15, 0.2) is 0 Å². The first-order chi connectivity index (χ1) is 5.75. The molecule has 0 saturated carbocycles. The number of halogens is 10. The van der Waals surface area contributed by atoms with Gasteiger partial charge < -0.3 is 0 Å². The molecule has 86 valence electrons. The van der Waals surface area contributed by atoms with E-state index < -0.39 is 21.0 Å². The number of hydrogen-bond donors (Lipinski definition) is 0. The Kier molecular flexibility index (Phi) is 3.84. The normalized spacial score (nSPS) is 19.3. The van der Waals surface area contributed by atoms with E-state index in [0.717, 1.165) is 0 Å². The van der Waals surface area contributed by atoms with Crippen molar-refractivity contribution < 1.29 is 26.3 Å². The smallest absolute Gasteiger partial charge is 0.214 e. The molecule has 1 atom stereocenters. The van der Waals surface area contributed by atoms with Gasteiger partial charge in [-0.25, -0.2) is 4.39 Å². The Morgan fingerprint density at radius 2 is 0.929 bits per heavy atom. The molecule has 0 aromatic heterocycles. The monoisotopic (exact) mass is 302 g/mol. The molecule has 14 heavy (non-hydrogen) atoms. The van der Waals surface area contributed by atoms with Crippen LogP contribution >= 0.6 is 46.4 Å². The molecule has 0 radical (unpaired) electrons. The van der Waals surface area contributed by atoms with Crippen molar-refractivity contribution in [2.75, 3.05) is 0 Å². The second kappa shape index (κ2) is 3.64. The molecule has 0 N–H and O–H groups in total. The van der Waals surface area contributed by atoms with Gasteiger partial charge in [-0.15, -0.1) is 0 Å². The molecule has 0 heterocycles. The summed E-state index contributed by atoms with van der Waals surface area (Å²) in [6.07, 6.45) is -6.26. The van der Waals surface area contributed by atoms with Crippen molar-refractivity contribution >= 4 is 46.4 Å². The maximum absolute atomic E-state index is 12.8. The Morgan fingerprint density at radius 1 is 0.643 bits per heavy atom. The van der Waals surface area contributed by atoms with Crippen LogP contribution in [0, 0.1) is 0 Å². The summed E-state index contributed by atoms with van der Waals surface area (Å²) in [5, 5.41) is -4.87. The van der Waals surface area contributed by atoms with Gasteiger partial charge in [0, 0.05) is 0 Å². The van der Waals surface area contributed by atoms with Gasteiger partial charge in [0.05, 0.1) is 0 Å². The predicted molar refractivity (Wildman–Crippen MR) is 41.0 cm³/mol. The molecule has 0 fully saturated rings. The molecule has 0 nitrogen and oxygen atoms in total. The van der Waals surface area contributed by atoms with E-state index in [1.54, 1.807) is 0 Å². The molecule has 10 heteroatoms. The third-order valence-electron chi connectivity index (χ3n) is 1.11. The second-order valence-corrected chi connectivity index (χ2v) is 4.95. The highest BCUT2D eigenvalue weighted by atomic mass is 35.6. The zero-order valence-electron chi connectivity index (χ0n) is 5.78. The molecule has 0 saturated heterocycles. The molecular formula is C4Cl4F6. The van der Waals surface area contributed by atoms with Crippen LogP contribution in [0.2, 0.25) is 0 Å². The summed E-state index contributed by atoms with van der Waals surface area (Å²) in [6, 6.07) is 0.